The van der Waals surface area contributed by atoms with Gasteiger partial charge in [0.15, 0.2) is 0 Å². The molecule has 0 aromatic rings. The van der Waals surface area contributed by atoms with Gasteiger partial charge in [0.1, 0.15) is 0 Å². The largest absolute Gasteiger partial charge is 0.0998 e. The fourth-order valence-electron chi connectivity index (χ4n) is 6.10. The molecule has 0 heteroatoms. The highest BCUT2D eigenvalue weighted by atomic mass is 14.6. The lowest BCUT2D eigenvalue weighted by Crippen LogP contribution is -2.50. The Balaban J connectivity index is 1.84. The summed E-state index contributed by atoms with van der Waals surface area (Å²) in [5.41, 5.74) is 5.65. The Morgan fingerprint density at radius 2 is 2.14 bits per heavy atom. The van der Waals surface area contributed by atoms with Crippen LogP contribution >= 0.6 is 0 Å². The summed E-state index contributed by atoms with van der Waals surface area (Å²) in [4.78, 5) is 0. The van der Waals surface area contributed by atoms with E-state index in [0.29, 0.717) is 10.8 Å². The third-order valence-corrected chi connectivity index (χ3v) is 7.24. The molecule has 2 fully saturated rings. The second-order valence-corrected chi connectivity index (χ2v) is 8.03. The summed E-state index contributed by atoms with van der Waals surface area (Å²) in [7, 11) is 0. The molecule has 0 radical (unpaired) electrons. The minimum Gasteiger partial charge on any atom is -0.0998 e. The van der Waals surface area contributed by atoms with E-state index in [4.69, 9.17) is 0 Å². The van der Waals surface area contributed by atoms with Crippen LogP contribution in [-0.4, -0.2) is 0 Å². The molecule has 2 spiro atoms. The van der Waals surface area contributed by atoms with Gasteiger partial charge >= 0.3 is 0 Å². The third-order valence-electron chi connectivity index (χ3n) is 7.24. The highest BCUT2D eigenvalue weighted by Crippen LogP contribution is 2.69. The van der Waals surface area contributed by atoms with Gasteiger partial charge in [0.05, 0.1) is 0 Å². The third kappa shape index (κ3) is 1.62. The van der Waals surface area contributed by atoms with E-state index in [0.717, 1.165) is 11.8 Å². The van der Waals surface area contributed by atoms with Crippen molar-refractivity contribution < 1.29 is 0 Å². The monoisotopic (exact) mass is 280 g/mol. The molecule has 0 aromatic carbocycles. The summed E-state index contributed by atoms with van der Waals surface area (Å²) in [5, 5.41) is 0. The molecule has 4 aliphatic carbocycles. The SMILES string of the molecule is C=C(C)C1CCC23CC=CC4CCCC42C=CC(C)=C3C1. The zero-order chi connectivity index (χ0) is 14.7. The van der Waals surface area contributed by atoms with Crippen molar-refractivity contribution >= 4 is 0 Å². The van der Waals surface area contributed by atoms with Crippen LogP contribution in [0.5, 0.6) is 0 Å². The van der Waals surface area contributed by atoms with Gasteiger partial charge in [0.2, 0.25) is 0 Å². The second-order valence-electron chi connectivity index (χ2n) is 8.03. The predicted molar refractivity (Wildman–Crippen MR) is 90.0 cm³/mol. The normalized spacial score (nSPS) is 44.3. The molecule has 0 saturated heterocycles. The summed E-state index contributed by atoms with van der Waals surface area (Å²) in [5.74, 6) is 1.52. The smallest absolute Gasteiger partial charge is 0.00491 e. The molecule has 21 heavy (non-hydrogen) atoms. The van der Waals surface area contributed by atoms with Crippen LogP contribution in [0.2, 0.25) is 0 Å². The first-order valence-electron chi connectivity index (χ1n) is 8.81. The lowest BCUT2D eigenvalue weighted by Gasteiger charge is -2.58. The molecule has 0 bridgehead atoms. The van der Waals surface area contributed by atoms with Crippen LogP contribution < -0.4 is 0 Å². The Bertz CT molecular complexity index is 573. The predicted octanol–water partition coefficient (Wildman–Crippen LogP) is 5.98. The molecule has 0 amide bonds. The van der Waals surface area contributed by atoms with Crippen molar-refractivity contribution in [3.8, 4) is 0 Å². The Morgan fingerprint density at radius 3 is 2.95 bits per heavy atom. The van der Waals surface area contributed by atoms with Gasteiger partial charge in [-0.1, -0.05) is 54.0 Å². The van der Waals surface area contributed by atoms with Crippen LogP contribution in [0, 0.1) is 22.7 Å². The van der Waals surface area contributed by atoms with E-state index in [-0.39, 0.29) is 0 Å². The lowest BCUT2D eigenvalue weighted by molar-refractivity contribution is 0.0473. The molecule has 112 valence electrons. The maximum atomic E-state index is 4.25. The van der Waals surface area contributed by atoms with Crippen molar-refractivity contribution in [2.75, 3.05) is 0 Å². The molecule has 0 aromatic heterocycles. The van der Waals surface area contributed by atoms with Crippen LogP contribution in [0.4, 0.5) is 0 Å². The van der Waals surface area contributed by atoms with Crippen molar-refractivity contribution in [1.29, 1.82) is 0 Å². The zero-order valence-corrected chi connectivity index (χ0v) is 13.6. The first kappa shape index (κ1) is 13.6. The molecule has 0 heterocycles. The highest BCUT2D eigenvalue weighted by Gasteiger charge is 2.59. The second kappa shape index (κ2) is 4.48. The summed E-state index contributed by atoms with van der Waals surface area (Å²) >= 11 is 0. The van der Waals surface area contributed by atoms with Crippen molar-refractivity contribution in [1.82, 2.24) is 0 Å². The van der Waals surface area contributed by atoms with E-state index >= 15 is 0 Å². The van der Waals surface area contributed by atoms with E-state index < -0.39 is 0 Å². The first-order valence-corrected chi connectivity index (χ1v) is 8.81. The van der Waals surface area contributed by atoms with E-state index in [1.165, 1.54) is 50.5 Å². The van der Waals surface area contributed by atoms with E-state index in [1.807, 2.05) is 0 Å². The van der Waals surface area contributed by atoms with Gasteiger partial charge in [-0.15, -0.1) is 0 Å². The van der Waals surface area contributed by atoms with Crippen molar-refractivity contribution in [2.45, 2.75) is 58.8 Å². The average Bonchev–Trinajstić information content (AvgIpc) is 2.90. The molecular weight excluding hydrogens is 252 g/mol. The summed E-state index contributed by atoms with van der Waals surface area (Å²) < 4.78 is 0. The zero-order valence-electron chi connectivity index (χ0n) is 13.6. The van der Waals surface area contributed by atoms with Gasteiger partial charge in [-0.05, 0) is 64.2 Å². The van der Waals surface area contributed by atoms with Gasteiger partial charge in [0.25, 0.3) is 0 Å². The van der Waals surface area contributed by atoms with Crippen LogP contribution in [0.25, 0.3) is 0 Å². The van der Waals surface area contributed by atoms with Crippen molar-refractivity contribution in [2.24, 2.45) is 22.7 Å². The fourth-order valence-corrected chi connectivity index (χ4v) is 6.10. The van der Waals surface area contributed by atoms with Gasteiger partial charge in [-0.25, -0.2) is 0 Å². The van der Waals surface area contributed by atoms with Crippen LogP contribution in [0.15, 0.2) is 47.6 Å². The van der Waals surface area contributed by atoms with E-state index in [1.54, 1.807) is 11.1 Å². The molecule has 0 aliphatic heterocycles. The topological polar surface area (TPSA) is 0 Å². The number of hydrogen-bond acceptors (Lipinski definition) is 0. The van der Waals surface area contributed by atoms with E-state index in [9.17, 15) is 0 Å². The standard InChI is InChI=1S/C21H28/c1-15(2)17-9-13-21-11-5-7-18-6-4-10-20(18,21)12-8-16(3)19(21)14-17/h5,7-8,12,17-18H,1,4,6,9-11,13-14H2,2-3H3. The minimum absolute atomic E-state index is 0.452. The molecule has 4 unspecified atom stereocenters. The average molecular weight is 280 g/mol. The molecular formula is C21H28. The quantitative estimate of drug-likeness (QED) is 0.518. The summed E-state index contributed by atoms with van der Waals surface area (Å²) in [6.45, 7) is 8.83. The molecule has 2 saturated carbocycles. The van der Waals surface area contributed by atoms with Gasteiger partial charge in [-0.3, -0.25) is 0 Å². The molecule has 0 nitrogen and oxygen atoms in total. The van der Waals surface area contributed by atoms with E-state index in [2.05, 4.69) is 44.7 Å². The number of allylic oxidation sites excluding steroid dienone is 7. The van der Waals surface area contributed by atoms with Crippen LogP contribution in [0.1, 0.15) is 58.8 Å². The Labute approximate surface area is 129 Å². The van der Waals surface area contributed by atoms with Crippen LogP contribution in [-0.2, 0) is 0 Å². The molecule has 4 atom stereocenters. The van der Waals surface area contributed by atoms with Crippen LogP contribution in [0.3, 0.4) is 0 Å². The van der Waals surface area contributed by atoms with Gasteiger partial charge < -0.3 is 0 Å². The maximum Gasteiger partial charge on any atom is 0.00491 e. The van der Waals surface area contributed by atoms with Gasteiger partial charge in [0, 0.05) is 10.8 Å². The highest BCUT2D eigenvalue weighted by molar-refractivity contribution is 5.44. The van der Waals surface area contributed by atoms with Gasteiger partial charge in [-0.2, -0.15) is 0 Å². The van der Waals surface area contributed by atoms with Crippen molar-refractivity contribution in [3.05, 3.63) is 47.6 Å². The molecule has 0 N–H and O–H groups in total. The summed E-state index contributed by atoms with van der Waals surface area (Å²) in [6.07, 6.45) is 19.7. The lowest BCUT2D eigenvalue weighted by atomic mass is 9.45. The Kier molecular flexibility index (Phi) is 2.90. The maximum absolute atomic E-state index is 4.25. The van der Waals surface area contributed by atoms with Crippen molar-refractivity contribution in [3.63, 3.8) is 0 Å². The number of hydrogen-bond donors (Lipinski definition) is 0. The fraction of sp³-hybridized carbons (Fsp3) is 0.619. The molecule has 4 aliphatic rings. The minimum atomic E-state index is 0.452. The summed E-state index contributed by atoms with van der Waals surface area (Å²) in [6, 6.07) is 0. The first-order chi connectivity index (χ1) is 10.1. The number of rotatable bonds is 1. The Morgan fingerprint density at radius 1 is 1.29 bits per heavy atom. The Hall–Kier alpha value is -1.04. The molecule has 4 rings (SSSR count).